The number of ketones is 1. The molecule has 0 N–H and O–H groups in total. The van der Waals surface area contributed by atoms with Crippen molar-refractivity contribution in [1.29, 1.82) is 0 Å². The van der Waals surface area contributed by atoms with Crippen LogP contribution in [0.15, 0.2) is 54.9 Å². The van der Waals surface area contributed by atoms with E-state index < -0.39 is 0 Å². The Morgan fingerprint density at radius 1 is 0.930 bits per heavy atom. The van der Waals surface area contributed by atoms with E-state index in [1.54, 1.807) is 0 Å². The largest absolute Gasteiger partial charge is 0.489 e. The Morgan fingerprint density at radius 3 is 2.47 bits per heavy atom. The van der Waals surface area contributed by atoms with Crippen molar-refractivity contribution in [2.45, 2.75) is 26.2 Å². The summed E-state index contributed by atoms with van der Waals surface area (Å²) < 4.78 is 29.8. The lowest BCUT2D eigenvalue weighted by molar-refractivity contribution is -0.117. The number of nitrogens with zero attached hydrogens (tertiary/aromatic N) is 3. The third-order valence-electron chi connectivity index (χ3n) is 7.49. The van der Waals surface area contributed by atoms with Crippen LogP contribution < -0.4 is 18.9 Å². The molecule has 0 saturated carbocycles. The molecule has 1 fully saturated rings. The van der Waals surface area contributed by atoms with Crippen molar-refractivity contribution in [2.24, 2.45) is 0 Å². The van der Waals surface area contributed by atoms with E-state index in [2.05, 4.69) is 14.9 Å². The van der Waals surface area contributed by atoms with E-state index in [0.29, 0.717) is 77.5 Å². The first kappa shape index (κ1) is 29.2. The van der Waals surface area contributed by atoms with Gasteiger partial charge >= 0.3 is 0 Å². The minimum atomic E-state index is 0.125. The molecule has 6 rings (SSSR count). The van der Waals surface area contributed by atoms with E-state index in [1.165, 1.54) is 6.33 Å². The molecule has 3 heterocycles. The van der Waals surface area contributed by atoms with Crippen LogP contribution in [0, 0.1) is 6.92 Å². The Bertz CT molecular complexity index is 1590. The lowest BCUT2D eigenvalue weighted by Gasteiger charge is -2.26. The van der Waals surface area contributed by atoms with Crippen molar-refractivity contribution < 1.29 is 28.5 Å². The zero-order valence-electron chi connectivity index (χ0n) is 24.1. The number of hydrogen-bond acceptors (Lipinski definition) is 9. The molecular formula is C33H34ClN3O6. The summed E-state index contributed by atoms with van der Waals surface area (Å²) in [4.78, 5) is 24.0. The van der Waals surface area contributed by atoms with E-state index >= 15 is 0 Å². The minimum Gasteiger partial charge on any atom is -0.489 e. The topological polar surface area (TPSA) is 92.2 Å². The second kappa shape index (κ2) is 13.6. The minimum absolute atomic E-state index is 0.125. The molecule has 0 aliphatic carbocycles. The average Bonchev–Trinajstić information content (AvgIpc) is 3.02. The van der Waals surface area contributed by atoms with Crippen LogP contribution in [0.3, 0.4) is 0 Å². The maximum absolute atomic E-state index is 12.7. The smallest absolute Gasteiger partial charge is 0.234 e. The van der Waals surface area contributed by atoms with Gasteiger partial charge in [0.15, 0.2) is 11.5 Å². The molecule has 3 aromatic carbocycles. The number of aryl methyl sites for hydroxylation is 1. The molecule has 0 spiro atoms. The molecule has 2 aliphatic rings. The zero-order valence-corrected chi connectivity index (χ0v) is 24.9. The number of aromatic nitrogens is 2. The summed E-state index contributed by atoms with van der Waals surface area (Å²) in [6, 6.07) is 15.0. The summed E-state index contributed by atoms with van der Waals surface area (Å²) in [7, 11) is 0. The highest BCUT2D eigenvalue weighted by molar-refractivity contribution is 6.31. The maximum atomic E-state index is 12.7. The van der Waals surface area contributed by atoms with Crippen molar-refractivity contribution in [3.05, 3.63) is 76.6 Å². The van der Waals surface area contributed by atoms with Gasteiger partial charge in [-0.05, 0) is 48.2 Å². The van der Waals surface area contributed by atoms with E-state index in [4.69, 9.17) is 35.3 Å². The molecular weight excluding hydrogens is 570 g/mol. The molecule has 10 heteroatoms. The molecule has 43 heavy (non-hydrogen) atoms. The first-order valence-corrected chi connectivity index (χ1v) is 14.9. The van der Waals surface area contributed by atoms with Crippen molar-refractivity contribution in [2.75, 3.05) is 52.7 Å². The van der Waals surface area contributed by atoms with Crippen LogP contribution in [0.1, 0.15) is 23.1 Å². The Kier molecular flexibility index (Phi) is 9.21. The summed E-state index contributed by atoms with van der Waals surface area (Å²) in [6.45, 7) is 7.71. The number of carbonyl (C=O) groups excluding carboxylic acids is 1. The highest BCUT2D eigenvalue weighted by atomic mass is 35.5. The lowest BCUT2D eigenvalue weighted by Crippen LogP contribution is -2.37. The van der Waals surface area contributed by atoms with Gasteiger partial charge in [0.25, 0.3) is 0 Å². The number of hydrogen-bond donors (Lipinski definition) is 0. The fraction of sp³-hybridized carbons (Fsp3) is 0.364. The van der Waals surface area contributed by atoms with E-state index in [1.807, 2.05) is 55.5 Å². The van der Waals surface area contributed by atoms with Crippen LogP contribution in [-0.4, -0.2) is 73.3 Å². The first-order chi connectivity index (χ1) is 21.0. The Morgan fingerprint density at radius 2 is 1.67 bits per heavy atom. The number of rotatable bonds is 11. The predicted octanol–water partition coefficient (Wildman–Crippen LogP) is 5.61. The van der Waals surface area contributed by atoms with Crippen molar-refractivity contribution >= 4 is 28.3 Å². The number of carbonyl (C=O) groups is 1. The van der Waals surface area contributed by atoms with Crippen LogP contribution in [-0.2, 0) is 22.4 Å². The van der Waals surface area contributed by atoms with Gasteiger partial charge in [-0.2, -0.15) is 0 Å². The number of morpholine rings is 1. The zero-order chi connectivity index (χ0) is 29.6. The Balaban J connectivity index is 1.13. The normalized spacial score (nSPS) is 14.9. The van der Waals surface area contributed by atoms with Crippen LogP contribution in [0.25, 0.3) is 10.9 Å². The van der Waals surface area contributed by atoms with Gasteiger partial charge in [0.2, 0.25) is 11.6 Å². The predicted molar refractivity (Wildman–Crippen MR) is 163 cm³/mol. The van der Waals surface area contributed by atoms with Gasteiger partial charge in [0.05, 0.1) is 25.3 Å². The van der Waals surface area contributed by atoms with Crippen LogP contribution in [0.5, 0.6) is 28.9 Å². The summed E-state index contributed by atoms with van der Waals surface area (Å²) in [5.74, 6) is 2.71. The average molecular weight is 604 g/mol. The second-order valence-electron chi connectivity index (χ2n) is 10.7. The van der Waals surface area contributed by atoms with Crippen molar-refractivity contribution in [3.8, 4) is 28.9 Å². The second-order valence-corrected chi connectivity index (χ2v) is 11.1. The summed E-state index contributed by atoms with van der Waals surface area (Å²) in [6.07, 6.45) is 3.03. The van der Waals surface area contributed by atoms with Crippen LogP contribution in [0.4, 0.5) is 0 Å². The Labute approximate surface area is 255 Å². The number of Topliss-reactive ketones (excluding diaryl/α,β-unsaturated/α-hetero) is 1. The van der Waals surface area contributed by atoms with Gasteiger partial charge < -0.3 is 23.7 Å². The number of benzene rings is 3. The number of halogens is 1. The molecule has 0 amide bonds. The molecule has 224 valence electrons. The molecule has 0 radical (unpaired) electrons. The monoisotopic (exact) mass is 603 g/mol. The third-order valence-corrected chi connectivity index (χ3v) is 7.91. The lowest BCUT2D eigenvalue weighted by atomic mass is 10.0. The van der Waals surface area contributed by atoms with Crippen LogP contribution in [0.2, 0.25) is 5.02 Å². The van der Waals surface area contributed by atoms with Crippen molar-refractivity contribution in [1.82, 2.24) is 14.9 Å². The molecule has 4 aromatic rings. The molecule has 0 unspecified atom stereocenters. The fourth-order valence-corrected chi connectivity index (χ4v) is 5.40. The fourth-order valence-electron chi connectivity index (χ4n) is 5.28. The highest BCUT2D eigenvalue weighted by Crippen LogP contribution is 2.47. The third kappa shape index (κ3) is 7.18. The standard InChI is InChI=1S/C33H34ClN3O6/c1-22-17-24(5-8-27(22)34)19-25(38)18-23-3-6-26(7-4-23)43-33-30-28(35-21-36-33)20-29(31-32(30)42-16-15-41-31)40-12-2-9-37-10-13-39-14-11-37/h3-8,17,20-21H,2,9-16,18-19H2,1H3. The highest BCUT2D eigenvalue weighted by Gasteiger charge is 2.25. The summed E-state index contributed by atoms with van der Waals surface area (Å²) in [5, 5.41) is 1.32. The van der Waals surface area contributed by atoms with E-state index in [9.17, 15) is 4.79 Å². The van der Waals surface area contributed by atoms with E-state index in [-0.39, 0.29) is 5.78 Å². The first-order valence-electron chi connectivity index (χ1n) is 14.6. The number of fused-ring (bicyclic) bond motifs is 3. The van der Waals surface area contributed by atoms with E-state index in [0.717, 1.165) is 56.0 Å². The van der Waals surface area contributed by atoms with Gasteiger partial charge in [-0.3, -0.25) is 9.69 Å². The molecule has 2 aliphatic heterocycles. The van der Waals surface area contributed by atoms with Gasteiger partial charge in [0, 0.05) is 43.6 Å². The molecule has 0 bridgehead atoms. The van der Waals surface area contributed by atoms with Gasteiger partial charge in [-0.1, -0.05) is 35.9 Å². The number of ether oxygens (including phenoxy) is 5. The molecule has 9 nitrogen and oxygen atoms in total. The van der Waals surface area contributed by atoms with Crippen molar-refractivity contribution in [3.63, 3.8) is 0 Å². The molecule has 1 aromatic heterocycles. The molecule has 0 atom stereocenters. The quantitative estimate of drug-likeness (QED) is 0.203. The van der Waals surface area contributed by atoms with Crippen LogP contribution >= 0.6 is 11.6 Å². The Hall–Kier alpha value is -3.92. The summed E-state index contributed by atoms with van der Waals surface area (Å²) in [5.41, 5.74) is 3.46. The van der Waals surface area contributed by atoms with Gasteiger partial charge in [-0.15, -0.1) is 0 Å². The maximum Gasteiger partial charge on any atom is 0.234 e. The van der Waals surface area contributed by atoms with Gasteiger partial charge in [0.1, 0.15) is 36.5 Å². The molecule has 1 saturated heterocycles. The SMILES string of the molecule is Cc1cc(CC(=O)Cc2ccc(Oc3ncnc4cc(OCCCN5CCOCC5)c5c(c34)OCCO5)cc2)ccc1Cl. The van der Waals surface area contributed by atoms with Gasteiger partial charge in [-0.25, -0.2) is 9.97 Å². The summed E-state index contributed by atoms with van der Waals surface area (Å²) >= 11 is 6.11.